The maximum Gasteiger partial charge on any atom is 0.150 e. The van der Waals surface area contributed by atoms with Crippen LogP contribution < -0.4 is 5.32 Å². The number of hydrogen-bond acceptors (Lipinski definition) is 3. The van der Waals surface area contributed by atoms with E-state index in [1.807, 2.05) is 13.0 Å². The van der Waals surface area contributed by atoms with Crippen molar-refractivity contribution in [3.63, 3.8) is 0 Å². The molecule has 0 saturated carbocycles. The first kappa shape index (κ1) is 11.7. The molecule has 0 aliphatic carbocycles. The lowest BCUT2D eigenvalue weighted by Gasteiger charge is -2.16. The largest absolute Gasteiger partial charge is 0.311 e. The van der Waals surface area contributed by atoms with Gasteiger partial charge in [-0.3, -0.25) is 0 Å². The van der Waals surface area contributed by atoms with Crippen LogP contribution in [0.4, 0.5) is 0 Å². The number of hydrogen-bond donors (Lipinski definition) is 1. The number of sulfone groups is 1. The van der Waals surface area contributed by atoms with Gasteiger partial charge in [0.1, 0.15) is 0 Å². The lowest BCUT2D eigenvalue weighted by atomic mass is 9.99. The fourth-order valence-corrected chi connectivity index (χ4v) is 3.82. The van der Waals surface area contributed by atoms with Gasteiger partial charge in [0.2, 0.25) is 0 Å². The maximum atomic E-state index is 11.2. The minimum absolute atomic E-state index is 0.262. The summed E-state index contributed by atoms with van der Waals surface area (Å²) in [4.78, 5) is 0. The fraction of sp³-hybridized carbons (Fsp3) is 0.800. The average Bonchev–Trinajstić information content (AvgIpc) is 2.45. The quantitative estimate of drug-likeness (QED) is 0.698. The van der Waals surface area contributed by atoms with Crippen LogP contribution >= 0.6 is 0 Å². The second-order valence-corrected chi connectivity index (χ2v) is 6.13. The Balaban J connectivity index is 2.41. The second kappa shape index (κ2) is 4.94. The van der Waals surface area contributed by atoms with Gasteiger partial charge in [-0.25, -0.2) is 8.42 Å². The van der Waals surface area contributed by atoms with Crippen LogP contribution in [0.15, 0.2) is 12.7 Å². The second-order valence-electron chi connectivity index (χ2n) is 3.90. The van der Waals surface area contributed by atoms with E-state index in [1.165, 1.54) is 0 Å². The third kappa shape index (κ3) is 3.42. The molecule has 2 atom stereocenters. The molecule has 4 heteroatoms. The highest BCUT2D eigenvalue weighted by Crippen LogP contribution is 2.23. The topological polar surface area (TPSA) is 46.2 Å². The summed E-state index contributed by atoms with van der Waals surface area (Å²) in [5.41, 5.74) is 0. The van der Waals surface area contributed by atoms with Crippen LogP contribution in [0.1, 0.15) is 19.8 Å². The molecule has 0 amide bonds. The summed E-state index contributed by atoms with van der Waals surface area (Å²) in [6, 6.07) is 0.262. The molecule has 1 saturated heterocycles. The molecule has 0 bridgehead atoms. The molecule has 14 heavy (non-hydrogen) atoms. The van der Waals surface area contributed by atoms with E-state index in [4.69, 9.17) is 0 Å². The van der Waals surface area contributed by atoms with Crippen molar-refractivity contribution >= 4 is 9.84 Å². The summed E-state index contributed by atoms with van der Waals surface area (Å²) < 4.78 is 22.4. The Labute approximate surface area is 86.5 Å². The molecule has 0 aromatic carbocycles. The van der Waals surface area contributed by atoms with Gasteiger partial charge in [0.25, 0.3) is 0 Å². The lowest BCUT2D eigenvalue weighted by molar-refractivity contribution is 0.460. The predicted molar refractivity (Wildman–Crippen MR) is 59.0 cm³/mol. The molecular formula is C10H19NO2S. The van der Waals surface area contributed by atoms with Crippen LogP contribution in [0.2, 0.25) is 0 Å². The monoisotopic (exact) mass is 217 g/mol. The Bertz CT molecular complexity index is 284. The van der Waals surface area contributed by atoms with Crippen molar-refractivity contribution in [2.45, 2.75) is 25.8 Å². The molecule has 0 radical (unpaired) electrons. The van der Waals surface area contributed by atoms with Crippen molar-refractivity contribution in [2.24, 2.45) is 5.92 Å². The zero-order valence-corrected chi connectivity index (χ0v) is 9.52. The van der Waals surface area contributed by atoms with E-state index >= 15 is 0 Å². The van der Waals surface area contributed by atoms with Crippen LogP contribution in [-0.2, 0) is 9.84 Å². The van der Waals surface area contributed by atoms with Crippen molar-refractivity contribution < 1.29 is 8.42 Å². The third-order valence-electron chi connectivity index (χ3n) is 2.66. The number of rotatable bonds is 5. The van der Waals surface area contributed by atoms with Crippen molar-refractivity contribution in [3.05, 3.63) is 12.7 Å². The van der Waals surface area contributed by atoms with E-state index in [-0.39, 0.29) is 6.04 Å². The van der Waals surface area contributed by atoms with E-state index in [0.29, 0.717) is 17.4 Å². The van der Waals surface area contributed by atoms with Crippen LogP contribution in [0.5, 0.6) is 0 Å². The van der Waals surface area contributed by atoms with Gasteiger partial charge in [0.15, 0.2) is 9.84 Å². The molecular weight excluding hydrogens is 198 g/mol. The molecule has 0 aromatic rings. The Hall–Kier alpha value is -0.350. The van der Waals surface area contributed by atoms with Gasteiger partial charge >= 0.3 is 0 Å². The van der Waals surface area contributed by atoms with Gasteiger partial charge in [-0.05, 0) is 25.3 Å². The Kier molecular flexibility index (Phi) is 4.13. The molecule has 2 unspecified atom stereocenters. The maximum absolute atomic E-state index is 11.2. The Morgan fingerprint density at radius 3 is 2.79 bits per heavy atom. The molecule has 0 aromatic heterocycles. The Morgan fingerprint density at radius 1 is 1.64 bits per heavy atom. The van der Waals surface area contributed by atoms with E-state index in [0.717, 1.165) is 19.4 Å². The highest BCUT2D eigenvalue weighted by Gasteiger charge is 2.28. The third-order valence-corrected chi connectivity index (χ3v) is 4.50. The summed E-state index contributed by atoms with van der Waals surface area (Å²) in [7, 11) is -2.73. The Morgan fingerprint density at radius 2 is 2.36 bits per heavy atom. The van der Waals surface area contributed by atoms with Crippen molar-refractivity contribution in [3.8, 4) is 0 Å². The summed E-state index contributed by atoms with van der Waals surface area (Å²) >= 11 is 0. The summed E-state index contributed by atoms with van der Waals surface area (Å²) in [6.07, 6.45) is 3.59. The fourth-order valence-electron chi connectivity index (χ4n) is 1.94. The average molecular weight is 217 g/mol. The predicted octanol–water partition coefficient (Wildman–Crippen LogP) is 0.975. The SMILES string of the molecule is C=CC(CC1CCS(=O)(=O)C1)NCC. The van der Waals surface area contributed by atoms with Crippen molar-refractivity contribution in [1.29, 1.82) is 0 Å². The van der Waals surface area contributed by atoms with Crippen LogP contribution in [0, 0.1) is 5.92 Å². The summed E-state index contributed by atoms with van der Waals surface area (Å²) in [5, 5.41) is 3.27. The van der Waals surface area contributed by atoms with Crippen LogP contribution in [-0.4, -0.2) is 32.5 Å². The van der Waals surface area contributed by atoms with Crippen molar-refractivity contribution in [1.82, 2.24) is 5.32 Å². The highest BCUT2D eigenvalue weighted by molar-refractivity contribution is 7.91. The van der Waals surface area contributed by atoms with E-state index < -0.39 is 9.84 Å². The molecule has 1 aliphatic rings. The van der Waals surface area contributed by atoms with Gasteiger partial charge in [-0.1, -0.05) is 13.0 Å². The van der Waals surface area contributed by atoms with Crippen molar-refractivity contribution in [2.75, 3.05) is 18.1 Å². The van der Waals surface area contributed by atoms with E-state index in [1.54, 1.807) is 0 Å². The minimum Gasteiger partial charge on any atom is -0.311 e. The van der Waals surface area contributed by atoms with E-state index in [9.17, 15) is 8.42 Å². The molecule has 1 aliphatic heterocycles. The molecule has 0 spiro atoms. The van der Waals surface area contributed by atoms with Gasteiger partial charge in [0, 0.05) is 6.04 Å². The van der Waals surface area contributed by atoms with Gasteiger partial charge < -0.3 is 5.32 Å². The lowest BCUT2D eigenvalue weighted by Crippen LogP contribution is -2.29. The van der Waals surface area contributed by atoms with Gasteiger partial charge in [0.05, 0.1) is 11.5 Å². The van der Waals surface area contributed by atoms with Crippen LogP contribution in [0.3, 0.4) is 0 Å². The zero-order chi connectivity index (χ0) is 10.6. The first-order valence-corrected chi connectivity index (χ1v) is 6.96. The molecule has 1 heterocycles. The first-order chi connectivity index (χ1) is 6.57. The summed E-state index contributed by atoms with van der Waals surface area (Å²) in [5.74, 6) is 1.05. The molecule has 1 rings (SSSR count). The molecule has 1 fully saturated rings. The summed E-state index contributed by atoms with van der Waals surface area (Å²) in [6.45, 7) is 6.69. The standard InChI is InChI=1S/C10H19NO2S/c1-3-10(11-4-2)7-9-5-6-14(12,13)8-9/h3,9-11H,1,4-8H2,2H3. The minimum atomic E-state index is -2.73. The first-order valence-electron chi connectivity index (χ1n) is 5.13. The van der Waals surface area contributed by atoms with Gasteiger partial charge in [-0.2, -0.15) is 0 Å². The zero-order valence-electron chi connectivity index (χ0n) is 8.70. The highest BCUT2D eigenvalue weighted by atomic mass is 32.2. The smallest absolute Gasteiger partial charge is 0.150 e. The molecule has 1 N–H and O–H groups in total. The van der Waals surface area contributed by atoms with Gasteiger partial charge in [-0.15, -0.1) is 6.58 Å². The molecule has 82 valence electrons. The number of nitrogens with one attached hydrogen (secondary N) is 1. The molecule has 3 nitrogen and oxygen atoms in total. The van der Waals surface area contributed by atoms with Crippen LogP contribution in [0.25, 0.3) is 0 Å². The number of likely N-dealkylation sites (N-methyl/N-ethyl adjacent to an activating group) is 1. The normalized spacial score (nSPS) is 27.4. The van der Waals surface area contributed by atoms with E-state index in [2.05, 4.69) is 11.9 Å².